The van der Waals surface area contributed by atoms with Gasteiger partial charge in [-0.3, -0.25) is 0 Å². The van der Waals surface area contributed by atoms with Gasteiger partial charge in [0.15, 0.2) is 5.75 Å². The van der Waals surface area contributed by atoms with Gasteiger partial charge in [-0.15, -0.1) is 0 Å². The SMILES string of the molecule is CCCOc1c(Cl)cccc1NC(=O)N1CCC[C@@H](c2ccncn2)C1. The average Bonchev–Trinajstić information content (AvgIpc) is 2.68. The van der Waals surface area contributed by atoms with Crippen molar-refractivity contribution in [3.8, 4) is 5.75 Å². The molecule has 2 amide bonds. The Morgan fingerprint density at radius 2 is 2.31 bits per heavy atom. The van der Waals surface area contributed by atoms with E-state index in [2.05, 4.69) is 15.3 Å². The predicted octanol–water partition coefficient (Wildman–Crippen LogP) is 4.33. The Hall–Kier alpha value is -2.34. The molecule has 6 nitrogen and oxygen atoms in total. The topological polar surface area (TPSA) is 67.3 Å². The van der Waals surface area contributed by atoms with Crippen LogP contribution in [0, 0.1) is 0 Å². The van der Waals surface area contributed by atoms with Crippen molar-refractivity contribution in [1.29, 1.82) is 0 Å². The zero-order chi connectivity index (χ0) is 18.4. The molecule has 1 saturated heterocycles. The van der Waals surface area contributed by atoms with Gasteiger partial charge >= 0.3 is 6.03 Å². The standard InChI is InChI=1S/C19H23ClN4O2/c1-2-11-26-18-15(20)6-3-7-17(18)23-19(25)24-10-4-5-14(12-24)16-8-9-21-13-22-16/h3,6-9,13-14H,2,4-5,10-12H2,1H3,(H,23,25)/t14-/m1/s1. The molecular weight excluding hydrogens is 352 g/mol. The number of anilines is 1. The molecule has 0 radical (unpaired) electrons. The van der Waals surface area contributed by atoms with Crippen molar-refractivity contribution >= 4 is 23.3 Å². The number of halogens is 1. The van der Waals surface area contributed by atoms with Crippen LogP contribution in [-0.2, 0) is 0 Å². The number of benzene rings is 1. The van der Waals surface area contributed by atoms with Crippen LogP contribution < -0.4 is 10.1 Å². The van der Waals surface area contributed by atoms with Gasteiger partial charge < -0.3 is 15.0 Å². The van der Waals surface area contributed by atoms with Crippen molar-refractivity contribution in [3.05, 3.63) is 47.5 Å². The van der Waals surface area contributed by atoms with Gasteiger partial charge in [0, 0.05) is 30.9 Å². The van der Waals surface area contributed by atoms with Gasteiger partial charge in [-0.2, -0.15) is 0 Å². The summed E-state index contributed by atoms with van der Waals surface area (Å²) >= 11 is 6.23. The summed E-state index contributed by atoms with van der Waals surface area (Å²) in [5.41, 5.74) is 1.58. The summed E-state index contributed by atoms with van der Waals surface area (Å²) in [4.78, 5) is 22.9. The van der Waals surface area contributed by atoms with Crippen molar-refractivity contribution in [2.24, 2.45) is 0 Å². The number of hydrogen-bond acceptors (Lipinski definition) is 4. The number of nitrogens with zero attached hydrogens (tertiary/aromatic N) is 3. The number of amides is 2. The molecular formula is C19H23ClN4O2. The lowest BCUT2D eigenvalue weighted by molar-refractivity contribution is 0.192. The van der Waals surface area contributed by atoms with Gasteiger partial charge in [-0.1, -0.05) is 24.6 Å². The largest absolute Gasteiger partial charge is 0.490 e. The fraction of sp³-hybridized carbons (Fsp3) is 0.421. The van der Waals surface area contributed by atoms with Crippen LogP contribution in [0.5, 0.6) is 5.75 Å². The molecule has 26 heavy (non-hydrogen) atoms. The van der Waals surface area contributed by atoms with E-state index in [0.29, 0.717) is 29.6 Å². The van der Waals surface area contributed by atoms with Gasteiger partial charge in [0.1, 0.15) is 6.33 Å². The summed E-state index contributed by atoms with van der Waals surface area (Å²) in [6, 6.07) is 7.14. The van der Waals surface area contributed by atoms with E-state index in [1.54, 1.807) is 30.7 Å². The van der Waals surface area contributed by atoms with Crippen molar-refractivity contribution in [3.63, 3.8) is 0 Å². The lowest BCUT2D eigenvalue weighted by atomic mass is 9.95. The molecule has 1 aromatic carbocycles. The Kier molecular flexibility index (Phi) is 6.28. The zero-order valence-electron chi connectivity index (χ0n) is 14.8. The molecule has 0 bridgehead atoms. The number of hydrogen-bond donors (Lipinski definition) is 1. The highest BCUT2D eigenvalue weighted by Crippen LogP contribution is 2.33. The first-order chi connectivity index (χ1) is 12.7. The molecule has 7 heteroatoms. The number of piperidine rings is 1. The summed E-state index contributed by atoms with van der Waals surface area (Å²) in [5.74, 6) is 0.751. The van der Waals surface area contributed by atoms with Crippen LogP contribution in [-0.4, -0.2) is 40.6 Å². The van der Waals surface area contributed by atoms with E-state index < -0.39 is 0 Å². The maximum absolute atomic E-state index is 12.8. The summed E-state index contributed by atoms with van der Waals surface area (Å²) in [5, 5.41) is 3.44. The lowest BCUT2D eigenvalue weighted by Crippen LogP contribution is -2.41. The summed E-state index contributed by atoms with van der Waals surface area (Å²) in [6.07, 6.45) is 6.12. The number of para-hydroxylation sites is 1. The van der Waals surface area contributed by atoms with E-state index in [4.69, 9.17) is 16.3 Å². The highest BCUT2D eigenvalue weighted by molar-refractivity contribution is 6.32. The van der Waals surface area contributed by atoms with Crippen molar-refractivity contribution in [1.82, 2.24) is 14.9 Å². The van der Waals surface area contributed by atoms with E-state index in [-0.39, 0.29) is 11.9 Å². The summed E-state index contributed by atoms with van der Waals surface area (Å²) in [7, 11) is 0. The molecule has 0 aliphatic carbocycles. The van der Waals surface area contributed by atoms with Crippen LogP contribution in [0.3, 0.4) is 0 Å². The molecule has 1 aliphatic heterocycles. The van der Waals surface area contributed by atoms with Gasteiger partial charge in [0.05, 0.1) is 17.3 Å². The van der Waals surface area contributed by atoms with Crippen LogP contribution in [0.15, 0.2) is 36.8 Å². The third kappa shape index (κ3) is 4.43. The number of likely N-dealkylation sites (tertiary alicyclic amines) is 1. The maximum Gasteiger partial charge on any atom is 0.321 e. The van der Waals surface area contributed by atoms with Crippen molar-refractivity contribution in [2.45, 2.75) is 32.1 Å². The fourth-order valence-electron chi connectivity index (χ4n) is 3.10. The molecule has 2 aromatic rings. The molecule has 2 heterocycles. The smallest absolute Gasteiger partial charge is 0.321 e. The third-order valence-electron chi connectivity index (χ3n) is 4.39. The normalized spacial score (nSPS) is 17.0. The van der Waals surface area contributed by atoms with Crippen molar-refractivity contribution < 1.29 is 9.53 Å². The minimum absolute atomic E-state index is 0.146. The molecule has 0 spiro atoms. The first-order valence-electron chi connectivity index (χ1n) is 8.92. The molecule has 1 fully saturated rings. The number of carbonyl (C=O) groups is 1. The second-order valence-electron chi connectivity index (χ2n) is 6.31. The quantitative estimate of drug-likeness (QED) is 0.845. The number of aromatic nitrogens is 2. The van der Waals surface area contributed by atoms with Crippen LogP contribution >= 0.6 is 11.6 Å². The van der Waals surface area contributed by atoms with Crippen LogP contribution in [0.4, 0.5) is 10.5 Å². The minimum atomic E-state index is -0.146. The number of carbonyl (C=O) groups excluding carboxylic acids is 1. The molecule has 1 N–H and O–H groups in total. The van der Waals surface area contributed by atoms with Crippen LogP contribution in [0.25, 0.3) is 0 Å². The Morgan fingerprint density at radius 3 is 3.08 bits per heavy atom. The van der Waals surface area contributed by atoms with E-state index in [1.165, 1.54) is 0 Å². The second kappa shape index (κ2) is 8.85. The molecule has 0 saturated carbocycles. The molecule has 3 rings (SSSR count). The minimum Gasteiger partial charge on any atom is -0.490 e. The van der Waals surface area contributed by atoms with Gasteiger partial charge in [-0.05, 0) is 37.5 Å². The monoisotopic (exact) mass is 374 g/mol. The Labute approximate surface area is 158 Å². The van der Waals surface area contributed by atoms with Crippen molar-refractivity contribution in [2.75, 3.05) is 25.0 Å². The fourth-order valence-corrected chi connectivity index (χ4v) is 3.33. The van der Waals surface area contributed by atoms with Crippen LogP contribution in [0.2, 0.25) is 5.02 Å². The first-order valence-corrected chi connectivity index (χ1v) is 9.30. The molecule has 1 aliphatic rings. The zero-order valence-corrected chi connectivity index (χ0v) is 15.6. The third-order valence-corrected chi connectivity index (χ3v) is 4.69. The van der Waals surface area contributed by atoms with E-state index in [9.17, 15) is 4.79 Å². The molecule has 0 unspecified atom stereocenters. The number of urea groups is 1. The molecule has 1 aromatic heterocycles. The Bertz CT molecular complexity index is 742. The number of rotatable bonds is 5. The predicted molar refractivity (Wildman–Crippen MR) is 102 cm³/mol. The van der Waals surface area contributed by atoms with Crippen LogP contribution in [0.1, 0.15) is 37.8 Å². The molecule has 1 atom stereocenters. The Morgan fingerprint density at radius 1 is 1.42 bits per heavy atom. The molecule has 138 valence electrons. The lowest BCUT2D eigenvalue weighted by Gasteiger charge is -2.32. The Balaban J connectivity index is 1.69. The number of ether oxygens (including phenoxy) is 1. The summed E-state index contributed by atoms with van der Waals surface area (Å²) in [6.45, 7) is 3.93. The van der Waals surface area contributed by atoms with Gasteiger partial charge in [0.2, 0.25) is 0 Å². The van der Waals surface area contributed by atoms with Gasteiger partial charge in [-0.25, -0.2) is 14.8 Å². The highest BCUT2D eigenvalue weighted by Gasteiger charge is 2.26. The summed E-state index contributed by atoms with van der Waals surface area (Å²) < 4.78 is 5.71. The highest BCUT2D eigenvalue weighted by atomic mass is 35.5. The first kappa shape index (κ1) is 18.5. The number of nitrogens with one attached hydrogen (secondary N) is 1. The maximum atomic E-state index is 12.8. The van der Waals surface area contributed by atoms with E-state index in [1.807, 2.05) is 17.9 Å². The second-order valence-corrected chi connectivity index (χ2v) is 6.72. The van der Waals surface area contributed by atoms with E-state index >= 15 is 0 Å². The average molecular weight is 375 g/mol. The van der Waals surface area contributed by atoms with E-state index in [0.717, 1.165) is 31.5 Å². The van der Waals surface area contributed by atoms with Gasteiger partial charge in [0.25, 0.3) is 0 Å².